The molecule has 0 aromatic rings. The first-order valence-corrected chi connectivity index (χ1v) is 5.65. The molecule has 2 N–H and O–H groups in total. The van der Waals surface area contributed by atoms with E-state index in [2.05, 4.69) is 6.92 Å². The molecule has 2 heteroatoms. The second-order valence-electron chi connectivity index (χ2n) is 4.76. The van der Waals surface area contributed by atoms with E-state index in [1.54, 1.807) is 0 Å². The zero-order valence-corrected chi connectivity index (χ0v) is 8.59. The van der Waals surface area contributed by atoms with Gasteiger partial charge >= 0.3 is 0 Å². The lowest BCUT2D eigenvalue weighted by atomic mass is 10.0. The highest BCUT2D eigenvalue weighted by Crippen LogP contribution is 2.48. The predicted molar refractivity (Wildman–Crippen MR) is 53.5 cm³/mol. The fourth-order valence-electron chi connectivity index (χ4n) is 2.62. The Morgan fingerprint density at radius 1 is 1.54 bits per heavy atom. The van der Waals surface area contributed by atoms with Crippen molar-refractivity contribution in [1.29, 1.82) is 0 Å². The fraction of sp³-hybridized carbons (Fsp3) is 1.00. The van der Waals surface area contributed by atoms with E-state index >= 15 is 0 Å². The minimum atomic E-state index is 0.158. The lowest BCUT2D eigenvalue weighted by Crippen LogP contribution is -2.30. The van der Waals surface area contributed by atoms with Gasteiger partial charge in [-0.15, -0.1) is 0 Å². The molecular formula is C11H21NO. The molecular weight excluding hydrogens is 162 g/mol. The quantitative estimate of drug-likeness (QED) is 0.724. The monoisotopic (exact) mass is 183 g/mol. The minimum Gasteiger partial charge on any atom is -0.378 e. The van der Waals surface area contributed by atoms with Crippen molar-refractivity contribution in [2.45, 2.75) is 57.1 Å². The summed E-state index contributed by atoms with van der Waals surface area (Å²) in [5.41, 5.74) is 6.43. The normalized spacial score (nSPS) is 43.8. The number of rotatable bonds is 4. The van der Waals surface area contributed by atoms with Gasteiger partial charge in [0.25, 0.3) is 0 Å². The van der Waals surface area contributed by atoms with E-state index in [-0.39, 0.29) is 5.54 Å². The Bertz CT molecular complexity index is 177. The van der Waals surface area contributed by atoms with Crippen LogP contribution < -0.4 is 5.73 Å². The average molecular weight is 183 g/mol. The first-order valence-electron chi connectivity index (χ1n) is 5.65. The van der Waals surface area contributed by atoms with E-state index in [4.69, 9.17) is 10.5 Å². The maximum atomic E-state index is 6.28. The van der Waals surface area contributed by atoms with Gasteiger partial charge in [-0.2, -0.15) is 0 Å². The summed E-state index contributed by atoms with van der Waals surface area (Å²) in [5, 5.41) is 0. The summed E-state index contributed by atoms with van der Waals surface area (Å²) in [4.78, 5) is 0. The van der Waals surface area contributed by atoms with Crippen molar-refractivity contribution < 1.29 is 4.74 Å². The lowest BCUT2D eigenvalue weighted by Gasteiger charge is -2.16. The fourth-order valence-corrected chi connectivity index (χ4v) is 2.62. The van der Waals surface area contributed by atoms with Crippen LogP contribution in [0.5, 0.6) is 0 Å². The largest absolute Gasteiger partial charge is 0.378 e. The molecule has 3 atom stereocenters. The number of nitrogens with two attached hydrogens (primary N) is 1. The van der Waals surface area contributed by atoms with Gasteiger partial charge in [0.2, 0.25) is 0 Å². The van der Waals surface area contributed by atoms with E-state index in [1.807, 2.05) is 0 Å². The van der Waals surface area contributed by atoms with Gasteiger partial charge in [0.15, 0.2) is 0 Å². The first-order chi connectivity index (χ1) is 6.24. The molecule has 3 unspecified atom stereocenters. The molecule has 2 rings (SSSR count). The molecule has 0 spiro atoms. The topological polar surface area (TPSA) is 35.2 Å². The molecule has 1 saturated heterocycles. The van der Waals surface area contributed by atoms with Gasteiger partial charge in [-0.25, -0.2) is 0 Å². The maximum absolute atomic E-state index is 6.28. The van der Waals surface area contributed by atoms with Gasteiger partial charge in [-0.1, -0.05) is 13.3 Å². The molecule has 1 heterocycles. The number of hydrogen-bond acceptors (Lipinski definition) is 2. The summed E-state index contributed by atoms with van der Waals surface area (Å²) in [6.07, 6.45) is 7.88. The second-order valence-corrected chi connectivity index (χ2v) is 4.76. The Balaban J connectivity index is 1.75. The molecule has 2 aliphatic rings. The van der Waals surface area contributed by atoms with Gasteiger partial charge < -0.3 is 10.5 Å². The van der Waals surface area contributed by atoms with Gasteiger partial charge in [0.05, 0.1) is 6.10 Å². The van der Waals surface area contributed by atoms with E-state index < -0.39 is 0 Å². The highest BCUT2D eigenvalue weighted by atomic mass is 16.5. The maximum Gasteiger partial charge on any atom is 0.0593 e. The van der Waals surface area contributed by atoms with Crippen LogP contribution in [0, 0.1) is 5.92 Å². The van der Waals surface area contributed by atoms with Gasteiger partial charge in [-0.05, 0) is 38.0 Å². The molecule has 13 heavy (non-hydrogen) atoms. The Kier molecular flexibility index (Phi) is 2.61. The zero-order valence-electron chi connectivity index (χ0n) is 8.59. The molecule has 0 aromatic carbocycles. The van der Waals surface area contributed by atoms with Crippen LogP contribution in [-0.4, -0.2) is 18.2 Å². The van der Waals surface area contributed by atoms with Gasteiger partial charge in [-0.3, -0.25) is 0 Å². The van der Waals surface area contributed by atoms with Crippen molar-refractivity contribution in [1.82, 2.24) is 0 Å². The highest BCUT2D eigenvalue weighted by molar-refractivity contribution is 5.08. The molecule has 76 valence electrons. The average Bonchev–Trinajstić information content (AvgIpc) is 2.52. The van der Waals surface area contributed by atoms with Crippen molar-refractivity contribution in [3.8, 4) is 0 Å². The smallest absolute Gasteiger partial charge is 0.0593 e. The van der Waals surface area contributed by atoms with Crippen molar-refractivity contribution >= 4 is 0 Å². The van der Waals surface area contributed by atoms with Crippen molar-refractivity contribution in [2.24, 2.45) is 11.7 Å². The highest BCUT2D eigenvalue weighted by Gasteiger charge is 2.51. The Labute approximate surface area is 80.8 Å². The van der Waals surface area contributed by atoms with Crippen LogP contribution in [0.15, 0.2) is 0 Å². The van der Waals surface area contributed by atoms with Gasteiger partial charge in [0, 0.05) is 12.1 Å². The number of ether oxygens (including phenoxy) is 1. The first kappa shape index (κ1) is 9.47. The molecule has 1 aliphatic carbocycles. The van der Waals surface area contributed by atoms with Crippen LogP contribution in [0.2, 0.25) is 0 Å². The van der Waals surface area contributed by atoms with Crippen LogP contribution >= 0.6 is 0 Å². The molecule has 0 amide bonds. The van der Waals surface area contributed by atoms with Crippen molar-refractivity contribution in [3.63, 3.8) is 0 Å². The number of hydrogen-bond donors (Lipinski definition) is 1. The Morgan fingerprint density at radius 3 is 3.00 bits per heavy atom. The predicted octanol–water partition coefficient (Wildman–Crippen LogP) is 2.07. The Morgan fingerprint density at radius 2 is 2.38 bits per heavy atom. The molecule has 0 radical (unpaired) electrons. The standard InChI is InChI=1S/C11H21NO/c1-2-4-9-7-11(9,12)8-10-5-3-6-13-10/h9-10H,2-8,12H2,1H3. The van der Waals surface area contributed by atoms with E-state index in [0.29, 0.717) is 6.10 Å². The van der Waals surface area contributed by atoms with E-state index in [9.17, 15) is 0 Å². The molecule has 1 saturated carbocycles. The van der Waals surface area contributed by atoms with Crippen LogP contribution in [0.1, 0.15) is 45.4 Å². The molecule has 0 bridgehead atoms. The van der Waals surface area contributed by atoms with Crippen molar-refractivity contribution in [3.05, 3.63) is 0 Å². The molecule has 0 aromatic heterocycles. The minimum absolute atomic E-state index is 0.158. The third-order valence-corrected chi connectivity index (χ3v) is 3.55. The van der Waals surface area contributed by atoms with Crippen LogP contribution in [-0.2, 0) is 4.74 Å². The van der Waals surface area contributed by atoms with Crippen LogP contribution in [0.3, 0.4) is 0 Å². The Hall–Kier alpha value is -0.0800. The molecule has 1 aliphatic heterocycles. The SMILES string of the molecule is CCCC1CC1(N)CC1CCCO1. The second kappa shape index (κ2) is 3.58. The molecule has 2 nitrogen and oxygen atoms in total. The summed E-state index contributed by atoms with van der Waals surface area (Å²) in [6.45, 7) is 3.20. The van der Waals surface area contributed by atoms with Crippen LogP contribution in [0.4, 0.5) is 0 Å². The summed E-state index contributed by atoms with van der Waals surface area (Å²) < 4.78 is 5.62. The lowest BCUT2D eigenvalue weighted by molar-refractivity contribution is 0.0942. The summed E-state index contributed by atoms with van der Waals surface area (Å²) in [6, 6.07) is 0. The third-order valence-electron chi connectivity index (χ3n) is 3.55. The summed E-state index contributed by atoms with van der Waals surface area (Å²) in [7, 11) is 0. The van der Waals surface area contributed by atoms with Crippen molar-refractivity contribution in [2.75, 3.05) is 6.61 Å². The third kappa shape index (κ3) is 2.05. The summed E-state index contributed by atoms with van der Waals surface area (Å²) in [5.74, 6) is 0.793. The van der Waals surface area contributed by atoms with E-state index in [1.165, 1.54) is 32.1 Å². The zero-order chi connectivity index (χ0) is 9.31. The van der Waals surface area contributed by atoms with Crippen LogP contribution in [0.25, 0.3) is 0 Å². The van der Waals surface area contributed by atoms with E-state index in [0.717, 1.165) is 18.9 Å². The van der Waals surface area contributed by atoms with Gasteiger partial charge in [0.1, 0.15) is 0 Å². The molecule has 2 fully saturated rings. The summed E-state index contributed by atoms with van der Waals surface area (Å²) >= 11 is 0.